The van der Waals surface area contributed by atoms with Gasteiger partial charge in [0.2, 0.25) is 0 Å². The maximum atomic E-state index is 11.8. The van der Waals surface area contributed by atoms with Gasteiger partial charge < -0.3 is 15.8 Å². The molecule has 7 nitrogen and oxygen atoms in total. The van der Waals surface area contributed by atoms with Gasteiger partial charge in [-0.05, 0) is 24.5 Å². The number of nitrogens with zero attached hydrogens (tertiary/aromatic N) is 3. The number of hydrogen-bond donors (Lipinski definition) is 2. The summed E-state index contributed by atoms with van der Waals surface area (Å²) in [4.78, 5) is 11.8. The van der Waals surface area contributed by atoms with Gasteiger partial charge in [-0.1, -0.05) is 0 Å². The van der Waals surface area contributed by atoms with Crippen molar-refractivity contribution in [3.05, 3.63) is 23.5 Å². The van der Waals surface area contributed by atoms with E-state index in [0.717, 1.165) is 17.2 Å². The Labute approximate surface area is 114 Å². The Bertz CT molecular complexity index is 577. The summed E-state index contributed by atoms with van der Waals surface area (Å²) >= 11 is 1.14. The Morgan fingerprint density at radius 2 is 2.42 bits per heavy atom. The average molecular weight is 281 g/mol. The van der Waals surface area contributed by atoms with Crippen LogP contribution in [0.5, 0.6) is 0 Å². The maximum absolute atomic E-state index is 11.8. The molecule has 0 unspecified atom stereocenters. The number of aryl methyl sites for hydroxylation is 1. The van der Waals surface area contributed by atoms with Gasteiger partial charge in [-0.3, -0.25) is 4.68 Å². The van der Waals surface area contributed by atoms with Crippen molar-refractivity contribution >= 4 is 28.3 Å². The summed E-state index contributed by atoms with van der Waals surface area (Å²) in [6.45, 7) is 2.58. The fourth-order valence-electron chi connectivity index (χ4n) is 1.57. The zero-order chi connectivity index (χ0) is 13.8. The minimum atomic E-state index is -0.457. The molecule has 0 aromatic carbocycles. The molecular weight excluding hydrogens is 266 g/mol. The Morgan fingerprint density at radius 1 is 1.63 bits per heavy atom. The summed E-state index contributed by atoms with van der Waals surface area (Å²) in [6, 6.07) is 1.89. The Morgan fingerprint density at radius 3 is 3.05 bits per heavy atom. The lowest BCUT2D eigenvalue weighted by Gasteiger charge is -2.07. The van der Waals surface area contributed by atoms with Gasteiger partial charge in [0.05, 0.1) is 18.8 Å². The second kappa shape index (κ2) is 5.70. The normalized spacial score (nSPS) is 10.4. The summed E-state index contributed by atoms with van der Waals surface area (Å²) in [5, 5.41) is 7.81. The smallest absolute Gasteiger partial charge is 0.344 e. The quantitative estimate of drug-likeness (QED) is 0.801. The van der Waals surface area contributed by atoms with Crippen LogP contribution in [-0.2, 0) is 18.3 Å². The number of rotatable bonds is 5. The second-order valence-corrected chi connectivity index (χ2v) is 4.57. The van der Waals surface area contributed by atoms with E-state index < -0.39 is 5.97 Å². The maximum Gasteiger partial charge on any atom is 0.344 e. The summed E-state index contributed by atoms with van der Waals surface area (Å²) in [5.41, 5.74) is 6.98. The van der Waals surface area contributed by atoms with E-state index in [1.807, 2.05) is 13.1 Å². The van der Waals surface area contributed by atoms with Gasteiger partial charge in [0.1, 0.15) is 10.6 Å². The molecule has 102 valence electrons. The lowest BCUT2D eigenvalue weighted by Crippen LogP contribution is -2.11. The molecular formula is C11H15N5O2S. The largest absolute Gasteiger partial charge is 0.462 e. The van der Waals surface area contributed by atoms with Crippen molar-refractivity contribution in [2.45, 2.75) is 13.5 Å². The van der Waals surface area contributed by atoms with E-state index in [4.69, 9.17) is 10.5 Å². The van der Waals surface area contributed by atoms with Crippen LogP contribution in [0.25, 0.3) is 0 Å². The molecule has 0 spiro atoms. The highest BCUT2D eigenvalue weighted by Gasteiger charge is 2.20. The van der Waals surface area contributed by atoms with Gasteiger partial charge in [-0.2, -0.15) is 9.47 Å². The van der Waals surface area contributed by atoms with Crippen molar-refractivity contribution in [2.24, 2.45) is 7.05 Å². The fourth-order valence-corrected chi connectivity index (χ4v) is 2.27. The molecule has 0 bridgehead atoms. The Hall–Kier alpha value is -2.09. The molecule has 2 aromatic heterocycles. The molecule has 0 atom stereocenters. The predicted molar refractivity (Wildman–Crippen MR) is 73.0 cm³/mol. The molecule has 19 heavy (non-hydrogen) atoms. The molecule has 0 radical (unpaired) electrons. The molecule has 2 heterocycles. The van der Waals surface area contributed by atoms with E-state index in [-0.39, 0.29) is 5.82 Å². The molecule has 0 aliphatic rings. The first kappa shape index (κ1) is 13.3. The zero-order valence-electron chi connectivity index (χ0n) is 10.7. The molecule has 2 aromatic rings. The van der Waals surface area contributed by atoms with Crippen LogP contribution in [0.2, 0.25) is 0 Å². The van der Waals surface area contributed by atoms with Crippen molar-refractivity contribution in [2.75, 3.05) is 17.7 Å². The lowest BCUT2D eigenvalue weighted by molar-refractivity contribution is 0.0529. The monoisotopic (exact) mass is 281 g/mol. The van der Waals surface area contributed by atoms with Crippen LogP contribution in [0.1, 0.15) is 23.0 Å². The van der Waals surface area contributed by atoms with E-state index >= 15 is 0 Å². The molecule has 0 aliphatic heterocycles. The third-order valence-corrected chi connectivity index (χ3v) is 3.37. The van der Waals surface area contributed by atoms with Gasteiger partial charge >= 0.3 is 5.97 Å². The van der Waals surface area contributed by atoms with Gasteiger partial charge in [0.25, 0.3) is 0 Å². The molecule has 0 aliphatic carbocycles. The standard InChI is InChI=1S/C11H15N5O2S/c1-3-18-11(17)8-9(12)15-19-10(8)13-6-7-4-5-14-16(7)2/h4-5,13H,3,6H2,1-2H3,(H2,12,15). The highest BCUT2D eigenvalue weighted by molar-refractivity contribution is 7.11. The Balaban J connectivity index is 2.13. The number of carbonyl (C=O) groups is 1. The number of carbonyl (C=O) groups excluding carboxylic acids is 1. The number of nitrogens with two attached hydrogens (primary N) is 1. The minimum absolute atomic E-state index is 0.191. The molecule has 2 rings (SSSR count). The first-order chi connectivity index (χ1) is 9.13. The predicted octanol–water partition coefficient (Wildman–Crippen LogP) is 1.25. The van der Waals surface area contributed by atoms with E-state index in [9.17, 15) is 4.79 Å². The zero-order valence-corrected chi connectivity index (χ0v) is 11.5. The van der Waals surface area contributed by atoms with Crippen LogP contribution >= 0.6 is 11.5 Å². The number of nitrogens with one attached hydrogen (secondary N) is 1. The molecule has 0 fully saturated rings. The first-order valence-electron chi connectivity index (χ1n) is 5.76. The summed E-state index contributed by atoms with van der Waals surface area (Å²) < 4.78 is 10.7. The van der Waals surface area contributed by atoms with Crippen LogP contribution in [0.3, 0.4) is 0 Å². The summed E-state index contributed by atoms with van der Waals surface area (Å²) in [7, 11) is 1.85. The summed E-state index contributed by atoms with van der Waals surface area (Å²) in [6.07, 6.45) is 1.71. The number of ether oxygens (including phenoxy) is 1. The Kier molecular flexibility index (Phi) is 4.00. The topological polar surface area (TPSA) is 95.1 Å². The van der Waals surface area contributed by atoms with E-state index in [0.29, 0.717) is 23.7 Å². The van der Waals surface area contributed by atoms with Crippen LogP contribution in [0, 0.1) is 0 Å². The number of nitrogen functional groups attached to an aromatic ring is 1. The number of hydrogen-bond acceptors (Lipinski definition) is 7. The van der Waals surface area contributed by atoms with Crippen LogP contribution < -0.4 is 11.1 Å². The molecule has 0 amide bonds. The van der Waals surface area contributed by atoms with Crippen molar-refractivity contribution in [1.29, 1.82) is 0 Å². The van der Waals surface area contributed by atoms with E-state index in [1.165, 1.54) is 0 Å². The molecule has 3 N–H and O–H groups in total. The summed E-state index contributed by atoms with van der Waals surface area (Å²) in [5.74, 6) is -0.266. The van der Waals surface area contributed by atoms with E-state index in [2.05, 4.69) is 14.8 Å². The van der Waals surface area contributed by atoms with Gasteiger partial charge in [-0.15, -0.1) is 0 Å². The third kappa shape index (κ3) is 2.84. The van der Waals surface area contributed by atoms with Crippen LogP contribution in [-0.4, -0.2) is 26.7 Å². The first-order valence-corrected chi connectivity index (χ1v) is 6.53. The molecule has 8 heteroatoms. The SMILES string of the molecule is CCOC(=O)c1c(N)nsc1NCc1ccnn1C. The van der Waals surface area contributed by atoms with Crippen molar-refractivity contribution in [3.8, 4) is 0 Å². The van der Waals surface area contributed by atoms with Gasteiger partial charge in [-0.25, -0.2) is 4.79 Å². The van der Waals surface area contributed by atoms with Crippen molar-refractivity contribution < 1.29 is 9.53 Å². The van der Waals surface area contributed by atoms with Crippen LogP contribution in [0.15, 0.2) is 12.3 Å². The number of anilines is 2. The lowest BCUT2D eigenvalue weighted by atomic mass is 10.3. The highest BCUT2D eigenvalue weighted by Crippen LogP contribution is 2.27. The van der Waals surface area contributed by atoms with Gasteiger partial charge in [0, 0.05) is 13.2 Å². The molecule has 0 saturated carbocycles. The fraction of sp³-hybridized carbons (Fsp3) is 0.364. The van der Waals surface area contributed by atoms with Crippen molar-refractivity contribution in [3.63, 3.8) is 0 Å². The van der Waals surface area contributed by atoms with E-state index in [1.54, 1.807) is 17.8 Å². The average Bonchev–Trinajstić information content (AvgIpc) is 2.93. The number of esters is 1. The minimum Gasteiger partial charge on any atom is -0.462 e. The highest BCUT2D eigenvalue weighted by atomic mass is 32.1. The molecule has 0 saturated heterocycles. The van der Waals surface area contributed by atoms with Gasteiger partial charge in [0.15, 0.2) is 5.82 Å². The van der Waals surface area contributed by atoms with Crippen molar-refractivity contribution in [1.82, 2.24) is 14.2 Å². The second-order valence-electron chi connectivity index (χ2n) is 3.79. The van der Waals surface area contributed by atoms with Crippen LogP contribution in [0.4, 0.5) is 10.8 Å². The third-order valence-electron chi connectivity index (χ3n) is 2.55. The number of aromatic nitrogens is 3.